The monoisotopic (exact) mass is 498 g/mol. The Morgan fingerprint density at radius 3 is 2.37 bits per heavy atom. The van der Waals surface area contributed by atoms with Crippen LogP contribution in [0.4, 0.5) is 11.4 Å². The van der Waals surface area contributed by atoms with Crippen LogP contribution in [-0.2, 0) is 27.8 Å². The molecule has 186 valence electrons. The number of hydrogen-bond acceptors (Lipinski definition) is 6. The molecular formula is C25H30N4O5S. The third-order valence-electron chi connectivity index (χ3n) is 5.65. The van der Waals surface area contributed by atoms with Crippen molar-refractivity contribution in [3.8, 4) is 11.5 Å². The third-order valence-corrected chi connectivity index (χ3v) is 7.03. The van der Waals surface area contributed by atoms with Crippen molar-refractivity contribution in [3.63, 3.8) is 0 Å². The highest BCUT2D eigenvalue weighted by atomic mass is 32.2. The van der Waals surface area contributed by atoms with Gasteiger partial charge in [-0.25, -0.2) is 8.42 Å². The number of carbonyl (C=O) groups is 1. The van der Waals surface area contributed by atoms with Crippen LogP contribution in [0.1, 0.15) is 30.8 Å². The molecule has 2 N–H and O–H groups in total. The number of nitrogens with one attached hydrogen (secondary N) is 2. The highest BCUT2D eigenvalue weighted by molar-refractivity contribution is 7.92. The highest BCUT2D eigenvalue weighted by Crippen LogP contribution is 2.32. The molecule has 0 radical (unpaired) electrons. The lowest BCUT2D eigenvalue weighted by Gasteiger charge is -2.19. The fourth-order valence-electron chi connectivity index (χ4n) is 3.91. The number of fused-ring (bicyclic) bond motifs is 1. The van der Waals surface area contributed by atoms with Gasteiger partial charge in [0, 0.05) is 35.2 Å². The Kier molecular flexibility index (Phi) is 7.02. The standard InChI is InChI=1S/C25H30N4O5S/c1-16(2)15-29-18(4)22(17(3)27-29)14-25(30)26-19-5-7-20(8-6-19)28-35(31,32)21-9-10-23-24(13-21)34-12-11-33-23/h5-10,13,16,28H,11-12,14-15H2,1-4H3,(H,26,30). The van der Waals surface area contributed by atoms with Crippen molar-refractivity contribution < 1.29 is 22.7 Å². The number of carbonyl (C=O) groups excluding carboxylic acids is 1. The summed E-state index contributed by atoms with van der Waals surface area (Å²) in [6, 6.07) is 11.0. The number of nitrogens with zero attached hydrogens (tertiary/aromatic N) is 2. The fraction of sp³-hybridized carbons (Fsp3) is 0.360. The number of aromatic nitrogens is 2. The molecule has 0 aliphatic carbocycles. The molecule has 0 saturated carbocycles. The minimum atomic E-state index is -3.82. The molecule has 35 heavy (non-hydrogen) atoms. The molecule has 2 aromatic carbocycles. The van der Waals surface area contributed by atoms with E-state index in [4.69, 9.17) is 9.47 Å². The van der Waals surface area contributed by atoms with Crippen LogP contribution in [0.2, 0.25) is 0 Å². The zero-order chi connectivity index (χ0) is 25.2. The van der Waals surface area contributed by atoms with E-state index >= 15 is 0 Å². The maximum Gasteiger partial charge on any atom is 0.262 e. The fourth-order valence-corrected chi connectivity index (χ4v) is 4.98. The Balaban J connectivity index is 1.39. The molecule has 1 aliphatic heterocycles. The van der Waals surface area contributed by atoms with Crippen LogP contribution in [-0.4, -0.2) is 37.3 Å². The summed E-state index contributed by atoms with van der Waals surface area (Å²) in [5, 5.41) is 7.43. The molecule has 3 aromatic rings. The van der Waals surface area contributed by atoms with Gasteiger partial charge < -0.3 is 14.8 Å². The van der Waals surface area contributed by atoms with E-state index in [-0.39, 0.29) is 17.2 Å². The van der Waals surface area contributed by atoms with E-state index < -0.39 is 10.0 Å². The van der Waals surface area contributed by atoms with Gasteiger partial charge >= 0.3 is 0 Å². The molecule has 2 heterocycles. The zero-order valence-electron chi connectivity index (χ0n) is 20.3. The third kappa shape index (κ3) is 5.76. The molecule has 0 fully saturated rings. The van der Waals surface area contributed by atoms with Gasteiger partial charge in [0.1, 0.15) is 13.2 Å². The minimum absolute atomic E-state index is 0.0721. The molecule has 0 spiro atoms. The van der Waals surface area contributed by atoms with E-state index in [2.05, 4.69) is 29.0 Å². The number of rotatable bonds is 8. The van der Waals surface area contributed by atoms with Crippen molar-refractivity contribution in [1.82, 2.24) is 9.78 Å². The maximum atomic E-state index is 12.8. The lowest BCUT2D eigenvalue weighted by atomic mass is 10.1. The Labute approximate surface area is 205 Å². The summed E-state index contributed by atoms with van der Waals surface area (Å²) >= 11 is 0. The normalized spacial score (nSPS) is 13.1. The summed E-state index contributed by atoms with van der Waals surface area (Å²) in [7, 11) is -3.82. The van der Waals surface area contributed by atoms with Gasteiger partial charge in [-0.05, 0) is 56.2 Å². The van der Waals surface area contributed by atoms with Gasteiger partial charge in [0.15, 0.2) is 11.5 Å². The first-order chi connectivity index (χ1) is 16.6. The smallest absolute Gasteiger partial charge is 0.262 e. The van der Waals surface area contributed by atoms with Crippen LogP contribution in [0, 0.1) is 19.8 Å². The second kappa shape index (κ2) is 9.99. The van der Waals surface area contributed by atoms with Crippen molar-refractivity contribution in [1.29, 1.82) is 0 Å². The van der Waals surface area contributed by atoms with Crippen LogP contribution in [0.3, 0.4) is 0 Å². The van der Waals surface area contributed by atoms with E-state index in [0.717, 1.165) is 23.5 Å². The number of sulfonamides is 1. The van der Waals surface area contributed by atoms with Crippen LogP contribution in [0.15, 0.2) is 47.4 Å². The molecule has 1 aliphatic rings. The van der Waals surface area contributed by atoms with Crippen LogP contribution >= 0.6 is 0 Å². The lowest BCUT2D eigenvalue weighted by molar-refractivity contribution is -0.115. The van der Waals surface area contributed by atoms with E-state index in [0.29, 0.717) is 42.0 Å². The molecule has 0 atom stereocenters. The highest BCUT2D eigenvalue weighted by Gasteiger charge is 2.20. The number of aryl methyl sites for hydroxylation is 1. The second-order valence-corrected chi connectivity index (χ2v) is 10.6. The lowest BCUT2D eigenvalue weighted by Crippen LogP contribution is -2.17. The summed E-state index contributed by atoms with van der Waals surface area (Å²) in [5.74, 6) is 1.22. The van der Waals surface area contributed by atoms with E-state index in [9.17, 15) is 13.2 Å². The molecule has 1 aromatic heterocycles. The summed E-state index contributed by atoms with van der Waals surface area (Å²) in [6.45, 7) is 9.75. The van der Waals surface area contributed by atoms with Crippen LogP contribution in [0.5, 0.6) is 11.5 Å². The van der Waals surface area contributed by atoms with Gasteiger partial charge in [0.05, 0.1) is 17.0 Å². The predicted octanol–water partition coefficient (Wildman–Crippen LogP) is 3.91. The average Bonchev–Trinajstić information content (AvgIpc) is 3.06. The van der Waals surface area contributed by atoms with E-state index in [1.165, 1.54) is 12.1 Å². The Hall–Kier alpha value is -3.53. The van der Waals surface area contributed by atoms with Crippen molar-refractivity contribution >= 4 is 27.3 Å². The largest absolute Gasteiger partial charge is 0.486 e. The Morgan fingerprint density at radius 2 is 1.69 bits per heavy atom. The first-order valence-corrected chi connectivity index (χ1v) is 13.0. The summed E-state index contributed by atoms with van der Waals surface area (Å²) in [4.78, 5) is 12.7. The van der Waals surface area contributed by atoms with Gasteiger partial charge in [-0.2, -0.15) is 5.10 Å². The van der Waals surface area contributed by atoms with Crippen molar-refractivity contribution in [2.75, 3.05) is 23.3 Å². The molecule has 0 saturated heterocycles. The van der Waals surface area contributed by atoms with Gasteiger partial charge in [-0.15, -0.1) is 0 Å². The summed E-state index contributed by atoms with van der Waals surface area (Å²) < 4.78 is 41.0. The first kappa shape index (κ1) is 24.6. The molecule has 9 nitrogen and oxygen atoms in total. The van der Waals surface area contributed by atoms with Crippen molar-refractivity contribution in [2.24, 2.45) is 5.92 Å². The average molecular weight is 499 g/mol. The number of benzene rings is 2. The number of hydrogen-bond donors (Lipinski definition) is 2. The molecule has 10 heteroatoms. The Morgan fingerprint density at radius 1 is 1.03 bits per heavy atom. The predicted molar refractivity (Wildman–Crippen MR) is 134 cm³/mol. The number of anilines is 2. The van der Waals surface area contributed by atoms with E-state index in [1.54, 1.807) is 30.3 Å². The van der Waals surface area contributed by atoms with Crippen LogP contribution in [0.25, 0.3) is 0 Å². The minimum Gasteiger partial charge on any atom is -0.486 e. The number of ether oxygens (including phenoxy) is 2. The molecular weight excluding hydrogens is 468 g/mol. The van der Waals surface area contributed by atoms with Gasteiger partial charge in [0.25, 0.3) is 10.0 Å². The van der Waals surface area contributed by atoms with Crippen molar-refractivity contribution in [2.45, 2.75) is 45.6 Å². The molecule has 0 bridgehead atoms. The topological polar surface area (TPSA) is 112 Å². The quantitative estimate of drug-likeness (QED) is 0.487. The molecule has 0 unspecified atom stereocenters. The molecule has 1 amide bonds. The summed E-state index contributed by atoms with van der Waals surface area (Å²) in [5.41, 5.74) is 3.71. The van der Waals surface area contributed by atoms with Crippen molar-refractivity contribution in [3.05, 3.63) is 59.4 Å². The van der Waals surface area contributed by atoms with E-state index in [1.807, 2.05) is 18.5 Å². The Bertz CT molecular complexity index is 1330. The summed E-state index contributed by atoms with van der Waals surface area (Å²) in [6.07, 6.45) is 0.217. The second-order valence-electron chi connectivity index (χ2n) is 8.94. The SMILES string of the molecule is Cc1nn(CC(C)C)c(C)c1CC(=O)Nc1ccc(NS(=O)(=O)c2ccc3c(c2)OCCO3)cc1. The van der Waals surface area contributed by atoms with Gasteiger partial charge in [-0.3, -0.25) is 14.2 Å². The van der Waals surface area contributed by atoms with Gasteiger partial charge in [0.2, 0.25) is 5.91 Å². The maximum absolute atomic E-state index is 12.8. The first-order valence-electron chi connectivity index (χ1n) is 11.5. The zero-order valence-corrected chi connectivity index (χ0v) is 21.1. The van der Waals surface area contributed by atoms with Crippen LogP contribution < -0.4 is 19.5 Å². The van der Waals surface area contributed by atoms with Gasteiger partial charge in [-0.1, -0.05) is 13.8 Å². The molecule has 4 rings (SSSR count). The number of amides is 1.